The minimum absolute atomic E-state index is 0.343. The molecule has 0 spiro atoms. The molecule has 0 saturated heterocycles. The first kappa shape index (κ1) is 10.9. The predicted molar refractivity (Wildman–Crippen MR) is 63.0 cm³/mol. The number of rotatable bonds is 1. The Balaban J connectivity index is 2.23. The van der Waals surface area contributed by atoms with Gasteiger partial charge in [0.1, 0.15) is 0 Å². The van der Waals surface area contributed by atoms with Crippen molar-refractivity contribution in [3.05, 3.63) is 35.1 Å². The zero-order chi connectivity index (χ0) is 11.5. The van der Waals surface area contributed by atoms with Gasteiger partial charge in [-0.15, -0.1) is 0 Å². The van der Waals surface area contributed by atoms with Crippen LogP contribution in [-0.2, 0) is 9.53 Å². The van der Waals surface area contributed by atoms with Gasteiger partial charge < -0.3 is 4.74 Å². The summed E-state index contributed by atoms with van der Waals surface area (Å²) in [6.45, 7) is 3.76. The Morgan fingerprint density at radius 2 is 2.25 bits per heavy atom. The zero-order valence-electron chi connectivity index (χ0n) is 9.62. The second kappa shape index (κ2) is 4.47. The lowest BCUT2D eigenvalue weighted by molar-refractivity contribution is -0.130. The van der Waals surface area contributed by atoms with Crippen LogP contribution in [0.3, 0.4) is 0 Å². The quantitative estimate of drug-likeness (QED) is 0.500. The molecule has 3 heteroatoms. The Morgan fingerprint density at radius 3 is 2.94 bits per heavy atom. The molecule has 0 aromatic heterocycles. The molecule has 2 aliphatic rings. The summed E-state index contributed by atoms with van der Waals surface area (Å²) in [4.78, 5) is 15.4. The molecule has 1 heterocycles. The lowest BCUT2D eigenvalue weighted by atomic mass is 10.1. The first-order chi connectivity index (χ1) is 7.65. The van der Waals surface area contributed by atoms with E-state index in [2.05, 4.69) is 24.1 Å². The second-order valence-corrected chi connectivity index (χ2v) is 4.11. The summed E-state index contributed by atoms with van der Waals surface area (Å²) < 4.78 is 4.87. The van der Waals surface area contributed by atoms with Crippen molar-refractivity contribution in [3.63, 3.8) is 0 Å². The van der Waals surface area contributed by atoms with Crippen LogP contribution in [0.2, 0.25) is 0 Å². The van der Waals surface area contributed by atoms with Crippen LogP contribution in [-0.4, -0.2) is 11.9 Å². The first-order valence-corrected chi connectivity index (χ1v) is 5.51. The predicted octanol–water partition coefficient (Wildman–Crippen LogP) is 2.90. The molecule has 0 saturated carbocycles. The van der Waals surface area contributed by atoms with Crippen molar-refractivity contribution in [2.24, 2.45) is 4.99 Å². The fourth-order valence-corrected chi connectivity index (χ4v) is 1.86. The van der Waals surface area contributed by atoms with E-state index < -0.39 is 0 Å². The van der Waals surface area contributed by atoms with E-state index in [1.807, 2.05) is 6.08 Å². The van der Waals surface area contributed by atoms with Gasteiger partial charge in [0.05, 0.1) is 0 Å². The third-order valence-electron chi connectivity index (χ3n) is 2.60. The maximum atomic E-state index is 11.4. The number of allylic oxidation sites excluding steroid dienone is 5. The summed E-state index contributed by atoms with van der Waals surface area (Å²) in [7, 11) is 0. The summed E-state index contributed by atoms with van der Waals surface area (Å²) in [5.41, 5.74) is 2.81. The summed E-state index contributed by atoms with van der Waals surface area (Å²) >= 11 is 0. The van der Waals surface area contributed by atoms with E-state index in [1.165, 1.54) is 5.57 Å². The van der Waals surface area contributed by atoms with Gasteiger partial charge in [0, 0.05) is 6.92 Å². The number of carbonyl (C=O) groups is 1. The Hall–Kier alpha value is -1.64. The van der Waals surface area contributed by atoms with Gasteiger partial charge in [0.2, 0.25) is 0 Å². The van der Waals surface area contributed by atoms with Gasteiger partial charge in [-0.1, -0.05) is 17.7 Å². The number of hydrogen-bond donors (Lipinski definition) is 0. The van der Waals surface area contributed by atoms with E-state index in [0.717, 1.165) is 24.8 Å². The molecule has 0 unspecified atom stereocenters. The maximum absolute atomic E-state index is 11.4. The smallest absolute Gasteiger partial charge is 0.363 e. The van der Waals surface area contributed by atoms with Crippen molar-refractivity contribution < 1.29 is 9.53 Å². The monoisotopic (exact) mass is 217 g/mol. The number of esters is 1. The number of aliphatic imine (C=N–C) groups is 1. The normalized spacial score (nSPS) is 23.5. The molecule has 0 amide bonds. The van der Waals surface area contributed by atoms with Crippen LogP contribution in [0.5, 0.6) is 0 Å². The lowest BCUT2D eigenvalue weighted by Crippen LogP contribution is -2.00. The van der Waals surface area contributed by atoms with Crippen molar-refractivity contribution in [2.45, 2.75) is 33.1 Å². The maximum Gasteiger partial charge on any atom is 0.363 e. The van der Waals surface area contributed by atoms with Gasteiger partial charge >= 0.3 is 5.97 Å². The third-order valence-corrected chi connectivity index (χ3v) is 2.60. The summed E-state index contributed by atoms with van der Waals surface area (Å²) in [6.07, 6.45) is 9.36. The van der Waals surface area contributed by atoms with Gasteiger partial charge in [-0.3, -0.25) is 0 Å². The first-order valence-electron chi connectivity index (χ1n) is 5.51. The Bertz CT molecular complexity index is 439. The number of carbonyl (C=O) groups excluding carboxylic acids is 1. The Kier molecular flexibility index (Phi) is 3.04. The fourth-order valence-electron chi connectivity index (χ4n) is 1.86. The number of hydrogen-bond acceptors (Lipinski definition) is 3. The van der Waals surface area contributed by atoms with E-state index in [1.54, 1.807) is 6.92 Å². The van der Waals surface area contributed by atoms with Crippen molar-refractivity contribution in [1.29, 1.82) is 0 Å². The minimum Gasteiger partial charge on any atom is -0.407 e. The van der Waals surface area contributed by atoms with E-state index in [0.29, 0.717) is 11.6 Å². The zero-order valence-corrected chi connectivity index (χ0v) is 9.62. The highest BCUT2D eigenvalue weighted by Gasteiger charge is 2.19. The average molecular weight is 217 g/mol. The van der Waals surface area contributed by atoms with E-state index in [-0.39, 0.29) is 5.97 Å². The lowest BCUT2D eigenvalue weighted by Gasteiger charge is -1.98. The number of ether oxygens (including phenoxy) is 1. The van der Waals surface area contributed by atoms with Gasteiger partial charge in [0.25, 0.3) is 0 Å². The molecule has 0 radical (unpaired) electrons. The summed E-state index contributed by atoms with van der Waals surface area (Å²) in [6, 6.07) is 0. The number of cyclic esters (lactones) is 1. The largest absolute Gasteiger partial charge is 0.407 e. The molecular formula is C13H15NO2. The molecule has 2 rings (SSSR count). The van der Waals surface area contributed by atoms with Crippen LogP contribution < -0.4 is 0 Å². The van der Waals surface area contributed by atoms with Crippen LogP contribution in [0.4, 0.5) is 0 Å². The van der Waals surface area contributed by atoms with Crippen LogP contribution in [0.1, 0.15) is 33.1 Å². The van der Waals surface area contributed by atoms with Gasteiger partial charge in [-0.2, -0.15) is 0 Å². The molecule has 0 aromatic carbocycles. The number of nitrogens with zero attached hydrogens (tertiary/aromatic N) is 1. The van der Waals surface area contributed by atoms with Crippen LogP contribution >= 0.6 is 0 Å². The molecule has 1 aliphatic heterocycles. The molecule has 0 aromatic rings. The molecular weight excluding hydrogens is 202 g/mol. The van der Waals surface area contributed by atoms with E-state index >= 15 is 0 Å². The molecule has 0 fully saturated rings. The Morgan fingerprint density at radius 1 is 1.44 bits per heavy atom. The van der Waals surface area contributed by atoms with Crippen molar-refractivity contribution in [3.8, 4) is 0 Å². The molecule has 84 valence electrons. The molecule has 0 bridgehead atoms. The van der Waals surface area contributed by atoms with Crippen molar-refractivity contribution >= 4 is 11.9 Å². The molecule has 1 aliphatic carbocycles. The van der Waals surface area contributed by atoms with Gasteiger partial charge in [-0.05, 0) is 37.8 Å². The molecule has 0 N–H and O–H groups in total. The van der Waals surface area contributed by atoms with E-state index in [4.69, 9.17) is 4.74 Å². The van der Waals surface area contributed by atoms with Crippen LogP contribution in [0.15, 0.2) is 40.1 Å². The van der Waals surface area contributed by atoms with Crippen LogP contribution in [0, 0.1) is 0 Å². The SMILES string of the molecule is CC1=CCCCC(/C=C2\N=C(C)OC2=O)=C1. The average Bonchev–Trinajstić information content (AvgIpc) is 2.42. The highest BCUT2D eigenvalue weighted by atomic mass is 16.6. The van der Waals surface area contributed by atoms with Crippen molar-refractivity contribution in [1.82, 2.24) is 0 Å². The molecule has 16 heavy (non-hydrogen) atoms. The van der Waals surface area contributed by atoms with Crippen molar-refractivity contribution in [2.75, 3.05) is 0 Å². The fraction of sp³-hybridized carbons (Fsp3) is 0.385. The third kappa shape index (κ3) is 2.48. The van der Waals surface area contributed by atoms with Crippen LogP contribution in [0.25, 0.3) is 0 Å². The minimum atomic E-state index is -0.343. The molecule has 0 atom stereocenters. The molecule has 3 nitrogen and oxygen atoms in total. The van der Waals surface area contributed by atoms with Gasteiger partial charge in [-0.25, -0.2) is 9.79 Å². The van der Waals surface area contributed by atoms with Gasteiger partial charge in [0.15, 0.2) is 11.6 Å². The highest BCUT2D eigenvalue weighted by molar-refractivity contribution is 6.04. The topological polar surface area (TPSA) is 38.7 Å². The second-order valence-electron chi connectivity index (χ2n) is 4.11. The van der Waals surface area contributed by atoms with E-state index in [9.17, 15) is 4.79 Å². The Labute approximate surface area is 95.2 Å². The summed E-state index contributed by atoms with van der Waals surface area (Å²) in [5, 5.41) is 0. The summed E-state index contributed by atoms with van der Waals surface area (Å²) in [5.74, 6) is 0.0852. The standard InChI is InChI=1S/C13H15NO2/c1-9-5-3-4-6-11(7-9)8-12-13(15)16-10(2)14-12/h5,7-8H,3-4,6H2,1-2H3/b12-8-. The highest BCUT2D eigenvalue weighted by Crippen LogP contribution is 2.21.